The summed E-state index contributed by atoms with van der Waals surface area (Å²) < 4.78 is 5.05. The molecule has 2 N–H and O–H groups in total. The first-order valence-corrected chi connectivity index (χ1v) is 8.61. The van der Waals surface area contributed by atoms with E-state index < -0.39 is 30.4 Å². The van der Waals surface area contributed by atoms with E-state index in [1.54, 1.807) is 0 Å². The van der Waals surface area contributed by atoms with Crippen LogP contribution in [0.25, 0.3) is 0 Å². The molecule has 0 bridgehead atoms. The molecule has 8 heteroatoms. The van der Waals surface area contributed by atoms with E-state index in [1.807, 2.05) is 32.0 Å². The highest BCUT2D eigenvalue weighted by Crippen LogP contribution is 2.16. The topological polar surface area (TPSA) is 97.4 Å². The van der Waals surface area contributed by atoms with Gasteiger partial charge >= 0.3 is 5.97 Å². The second-order valence-corrected chi connectivity index (χ2v) is 6.42. The van der Waals surface area contributed by atoms with Gasteiger partial charge < -0.3 is 15.4 Å². The summed E-state index contributed by atoms with van der Waals surface area (Å²) in [5.41, 5.74) is 2.63. The molecule has 1 heterocycles. The predicted octanol–water partition coefficient (Wildman–Crippen LogP) is 2.65. The van der Waals surface area contributed by atoms with E-state index in [2.05, 4.69) is 15.6 Å². The van der Waals surface area contributed by atoms with Gasteiger partial charge in [0.2, 0.25) is 0 Å². The number of rotatable bonds is 6. The second-order valence-electron chi connectivity index (χ2n) is 5.98. The molecule has 2 aromatic rings. The average Bonchev–Trinajstić information content (AvgIpc) is 2.62. The standard InChI is InChI=1S/C19H20ClN3O4/c1-11-4-5-12(2)15(8-11)23-18(25)13(3)27-17(24)10-22-19(26)16-9-14(20)6-7-21-16/h4-9,13H,10H2,1-3H3,(H,22,26)(H,23,25)/t13-/m0/s1. The van der Waals surface area contributed by atoms with Gasteiger partial charge in [0.25, 0.3) is 11.8 Å². The average molecular weight is 390 g/mol. The Bertz CT molecular complexity index is 870. The molecule has 1 aromatic carbocycles. The number of nitrogens with one attached hydrogen (secondary N) is 2. The molecule has 0 spiro atoms. The summed E-state index contributed by atoms with van der Waals surface area (Å²) in [6, 6.07) is 8.57. The van der Waals surface area contributed by atoms with Crippen LogP contribution in [0.1, 0.15) is 28.5 Å². The lowest BCUT2D eigenvalue weighted by atomic mass is 10.1. The van der Waals surface area contributed by atoms with Crippen molar-refractivity contribution in [2.75, 3.05) is 11.9 Å². The van der Waals surface area contributed by atoms with E-state index in [-0.39, 0.29) is 5.69 Å². The molecule has 2 rings (SSSR count). The maximum Gasteiger partial charge on any atom is 0.326 e. The maximum absolute atomic E-state index is 12.2. The number of hydrogen-bond acceptors (Lipinski definition) is 5. The number of esters is 1. The van der Waals surface area contributed by atoms with Crippen LogP contribution in [0, 0.1) is 13.8 Å². The van der Waals surface area contributed by atoms with Crippen molar-refractivity contribution in [3.8, 4) is 0 Å². The zero-order valence-electron chi connectivity index (χ0n) is 15.2. The molecule has 0 saturated carbocycles. The summed E-state index contributed by atoms with van der Waals surface area (Å²) in [6.45, 7) is 4.84. The summed E-state index contributed by atoms with van der Waals surface area (Å²) in [4.78, 5) is 39.8. The van der Waals surface area contributed by atoms with Gasteiger partial charge in [-0.1, -0.05) is 23.7 Å². The summed E-state index contributed by atoms with van der Waals surface area (Å²) in [5.74, 6) is -1.77. The molecular weight excluding hydrogens is 370 g/mol. The number of benzene rings is 1. The molecule has 0 aliphatic heterocycles. The van der Waals surface area contributed by atoms with Gasteiger partial charge in [-0.3, -0.25) is 19.4 Å². The zero-order chi connectivity index (χ0) is 20.0. The van der Waals surface area contributed by atoms with Crippen molar-refractivity contribution < 1.29 is 19.1 Å². The Morgan fingerprint density at radius 3 is 2.63 bits per heavy atom. The third-order valence-corrected chi connectivity index (χ3v) is 3.91. The van der Waals surface area contributed by atoms with E-state index in [9.17, 15) is 14.4 Å². The number of aromatic nitrogens is 1. The van der Waals surface area contributed by atoms with Crippen LogP contribution in [-0.2, 0) is 14.3 Å². The van der Waals surface area contributed by atoms with E-state index in [1.165, 1.54) is 25.3 Å². The summed E-state index contributed by atoms with van der Waals surface area (Å²) >= 11 is 5.79. The van der Waals surface area contributed by atoms with Gasteiger partial charge in [-0.05, 0) is 50.1 Å². The molecule has 1 atom stereocenters. The molecule has 0 aliphatic rings. The summed E-state index contributed by atoms with van der Waals surface area (Å²) in [7, 11) is 0. The van der Waals surface area contributed by atoms with Gasteiger partial charge in [-0.15, -0.1) is 0 Å². The van der Waals surface area contributed by atoms with Crippen LogP contribution in [0.2, 0.25) is 5.02 Å². The molecule has 2 amide bonds. The van der Waals surface area contributed by atoms with Gasteiger partial charge in [-0.25, -0.2) is 0 Å². The van der Waals surface area contributed by atoms with Crippen molar-refractivity contribution in [1.29, 1.82) is 0 Å². The van der Waals surface area contributed by atoms with Gasteiger partial charge in [0.1, 0.15) is 12.2 Å². The zero-order valence-corrected chi connectivity index (χ0v) is 16.0. The first-order chi connectivity index (χ1) is 12.8. The van der Waals surface area contributed by atoms with Crippen LogP contribution in [0.15, 0.2) is 36.5 Å². The smallest absolute Gasteiger partial charge is 0.326 e. The quantitative estimate of drug-likeness (QED) is 0.740. The second kappa shape index (κ2) is 9.14. The van der Waals surface area contributed by atoms with Crippen LogP contribution in [0.5, 0.6) is 0 Å². The van der Waals surface area contributed by atoms with E-state index >= 15 is 0 Å². The van der Waals surface area contributed by atoms with E-state index in [4.69, 9.17) is 16.3 Å². The highest BCUT2D eigenvalue weighted by atomic mass is 35.5. The predicted molar refractivity (Wildman–Crippen MR) is 102 cm³/mol. The Hall–Kier alpha value is -2.93. The van der Waals surface area contributed by atoms with Crippen molar-refractivity contribution in [1.82, 2.24) is 10.3 Å². The minimum atomic E-state index is -1.02. The lowest BCUT2D eigenvalue weighted by Crippen LogP contribution is -2.36. The van der Waals surface area contributed by atoms with Crippen molar-refractivity contribution in [2.45, 2.75) is 26.9 Å². The first-order valence-electron chi connectivity index (χ1n) is 8.23. The van der Waals surface area contributed by atoms with Gasteiger partial charge in [0.15, 0.2) is 6.10 Å². The molecule has 142 valence electrons. The van der Waals surface area contributed by atoms with E-state index in [0.29, 0.717) is 10.7 Å². The third-order valence-electron chi connectivity index (χ3n) is 3.68. The first kappa shape index (κ1) is 20.4. The van der Waals surface area contributed by atoms with Crippen LogP contribution in [0.4, 0.5) is 5.69 Å². The highest BCUT2D eigenvalue weighted by molar-refractivity contribution is 6.30. The van der Waals surface area contributed by atoms with Crippen molar-refractivity contribution in [3.05, 3.63) is 58.4 Å². The number of amides is 2. The molecule has 0 fully saturated rings. The number of anilines is 1. The van der Waals surface area contributed by atoms with Crippen molar-refractivity contribution in [2.24, 2.45) is 0 Å². The summed E-state index contributed by atoms with van der Waals surface area (Å²) in [6.07, 6.45) is 0.369. The van der Waals surface area contributed by atoms with Crippen LogP contribution >= 0.6 is 11.6 Å². The number of pyridine rings is 1. The summed E-state index contributed by atoms with van der Waals surface area (Å²) in [5, 5.41) is 5.45. The molecule has 7 nitrogen and oxygen atoms in total. The molecule has 0 unspecified atom stereocenters. The number of ether oxygens (including phenoxy) is 1. The third kappa shape index (κ3) is 6.07. The molecule has 0 aliphatic carbocycles. The van der Waals surface area contributed by atoms with Crippen molar-refractivity contribution >= 4 is 35.1 Å². The maximum atomic E-state index is 12.2. The number of carbonyl (C=O) groups is 3. The van der Waals surface area contributed by atoms with Crippen LogP contribution in [-0.4, -0.2) is 35.4 Å². The monoisotopic (exact) mass is 389 g/mol. The Kier molecular flexibility index (Phi) is 6.90. The Morgan fingerprint density at radius 1 is 1.19 bits per heavy atom. The Morgan fingerprint density at radius 2 is 1.93 bits per heavy atom. The number of hydrogen-bond donors (Lipinski definition) is 2. The van der Waals surface area contributed by atoms with Gasteiger partial charge in [0, 0.05) is 16.9 Å². The SMILES string of the molecule is Cc1ccc(C)c(NC(=O)[C@H](C)OC(=O)CNC(=O)c2cc(Cl)ccn2)c1. The fraction of sp³-hybridized carbons (Fsp3) is 0.263. The van der Waals surface area contributed by atoms with Crippen molar-refractivity contribution in [3.63, 3.8) is 0 Å². The minimum absolute atomic E-state index is 0.0796. The van der Waals surface area contributed by atoms with Gasteiger partial charge in [0.05, 0.1) is 0 Å². The molecule has 0 saturated heterocycles. The van der Waals surface area contributed by atoms with E-state index in [0.717, 1.165) is 11.1 Å². The number of halogens is 1. The minimum Gasteiger partial charge on any atom is -0.451 e. The highest BCUT2D eigenvalue weighted by Gasteiger charge is 2.19. The van der Waals surface area contributed by atoms with Crippen LogP contribution < -0.4 is 10.6 Å². The van der Waals surface area contributed by atoms with Gasteiger partial charge in [-0.2, -0.15) is 0 Å². The number of carbonyl (C=O) groups excluding carboxylic acids is 3. The lowest BCUT2D eigenvalue weighted by molar-refractivity contribution is -0.152. The largest absolute Gasteiger partial charge is 0.451 e. The number of aryl methyl sites for hydroxylation is 2. The Labute approximate surface area is 162 Å². The number of nitrogens with zero attached hydrogens (tertiary/aromatic N) is 1. The molecule has 0 radical (unpaired) electrons. The fourth-order valence-electron chi connectivity index (χ4n) is 2.17. The normalized spacial score (nSPS) is 11.4. The molecule has 1 aromatic heterocycles. The Balaban J connectivity index is 1.84. The lowest BCUT2D eigenvalue weighted by Gasteiger charge is -2.15. The molecule has 27 heavy (non-hydrogen) atoms. The van der Waals surface area contributed by atoms with Crippen LogP contribution in [0.3, 0.4) is 0 Å². The fourth-order valence-corrected chi connectivity index (χ4v) is 2.33. The molecular formula is C19H20ClN3O4.